The highest BCUT2D eigenvalue weighted by Gasteiger charge is 2.11. The van der Waals surface area contributed by atoms with E-state index in [1.165, 1.54) is 18.2 Å². The first-order chi connectivity index (χ1) is 10.9. The van der Waals surface area contributed by atoms with E-state index in [0.29, 0.717) is 16.3 Å². The molecule has 1 aromatic carbocycles. The van der Waals surface area contributed by atoms with Crippen LogP contribution in [-0.2, 0) is 11.3 Å². The Hall–Kier alpha value is -1.93. The molecule has 0 aliphatic carbocycles. The Balaban J connectivity index is 1.88. The maximum Gasteiger partial charge on any atom is 0.258 e. The molecule has 1 amide bonds. The molecule has 2 rings (SSSR count). The molecule has 0 saturated carbocycles. The van der Waals surface area contributed by atoms with Crippen LogP contribution >= 0.6 is 23.8 Å². The van der Waals surface area contributed by atoms with Gasteiger partial charge in [0.1, 0.15) is 11.6 Å². The summed E-state index contributed by atoms with van der Waals surface area (Å²) in [4.78, 5) is 11.8. The first kappa shape index (κ1) is 17.4. The number of aromatic amines is 1. The lowest BCUT2D eigenvalue weighted by Gasteiger charge is -2.11. The third-order valence-corrected chi connectivity index (χ3v) is 3.58. The number of benzene rings is 1. The second-order valence-electron chi connectivity index (χ2n) is 5.05. The van der Waals surface area contributed by atoms with E-state index in [1.54, 1.807) is 0 Å². The van der Waals surface area contributed by atoms with Crippen LogP contribution in [0.5, 0.6) is 5.75 Å². The smallest absolute Gasteiger partial charge is 0.258 e. The molecule has 124 valence electrons. The number of hydrogen-bond donors (Lipinski definition) is 2. The lowest BCUT2D eigenvalue weighted by molar-refractivity contribution is -0.123. The molecule has 0 bridgehead atoms. The van der Waals surface area contributed by atoms with Crippen molar-refractivity contribution in [2.45, 2.75) is 26.4 Å². The first-order valence-corrected chi connectivity index (χ1v) is 7.67. The van der Waals surface area contributed by atoms with Gasteiger partial charge < -0.3 is 14.6 Å². The minimum Gasteiger partial charge on any atom is -0.484 e. The van der Waals surface area contributed by atoms with Gasteiger partial charge in [-0.25, -0.2) is 4.39 Å². The summed E-state index contributed by atoms with van der Waals surface area (Å²) in [6.45, 7) is 3.95. The second-order valence-corrected chi connectivity index (χ2v) is 5.84. The molecule has 6 nitrogen and oxygen atoms in total. The standard InChI is InChI=1S/C14H16ClFN4O2S/c1-8(2)20-12(18-19-14(20)23)6-17-13(21)7-22-9-3-4-11(16)10(15)5-9/h3-5,8H,6-7H2,1-2H3,(H,17,21)(H,19,23). The highest BCUT2D eigenvalue weighted by molar-refractivity contribution is 7.71. The predicted octanol–water partition coefficient (Wildman–Crippen LogP) is 3.01. The van der Waals surface area contributed by atoms with E-state index < -0.39 is 5.82 Å². The summed E-state index contributed by atoms with van der Waals surface area (Å²) in [6.07, 6.45) is 0. The van der Waals surface area contributed by atoms with Crippen molar-refractivity contribution in [2.24, 2.45) is 0 Å². The predicted molar refractivity (Wildman–Crippen MR) is 86.5 cm³/mol. The van der Waals surface area contributed by atoms with Crippen LogP contribution in [0, 0.1) is 10.6 Å². The normalized spacial score (nSPS) is 10.8. The number of aromatic nitrogens is 3. The first-order valence-electron chi connectivity index (χ1n) is 6.89. The van der Waals surface area contributed by atoms with E-state index in [4.69, 9.17) is 28.6 Å². The zero-order valence-corrected chi connectivity index (χ0v) is 14.2. The number of nitrogens with one attached hydrogen (secondary N) is 2. The summed E-state index contributed by atoms with van der Waals surface area (Å²) < 4.78 is 20.6. The fourth-order valence-corrected chi connectivity index (χ4v) is 2.47. The van der Waals surface area contributed by atoms with Crippen LogP contribution in [0.25, 0.3) is 0 Å². The van der Waals surface area contributed by atoms with Crippen molar-refractivity contribution in [3.63, 3.8) is 0 Å². The molecule has 2 aromatic rings. The molecule has 0 unspecified atom stereocenters. The maximum atomic E-state index is 13.0. The summed E-state index contributed by atoms with van der Waals surface area (Å²) in [5.74, 6) is 0.0641. The molecule has 9 heteroatoms. The number of hydrogen-bond acceptors (Lipinski definition) is 4. The largest absolute Gasteiger partial charge is 0.484 e. The van der Waals surface area contributed by atoms with Gasteiger partial charge in [0, 0.05) is 12.1 Å². The zero-order valence-electron chi connectivity index (χ0n) is 12.6. The molecule has 0 aliphatic heterocycles. The number of halogens is 2. The molecule has 0 spiro atoms. The Kier molecular flexibility index (Phi) is 5.73. The summed E-state index contributed by atoms with van der Waals surface area (Å²) in [7, 11) is 0. The average Bonchev–Trinajstić information content (AvgIpc) is 2.87. The van der Waals surface area contributed by atoms with Crippen LogP contribution in [0.2, 0.25) is 5.02 Å². The van der Waals surface area contributed by atoms with E-state index in [0.717, 1.165) is 0 Å². The highest BCUT2D eigenvalue weighted by atomic mass is 35.5. The monoisotopic (exact) mass is 358 g/mol. The number of carbonyl (C=O) groups excluding carboxylic acids is 1. The summed E-state index contributed by atoms with van der Waals surface area (Å²) in [5, 5.41) is 9.40. The van der Waals surface area contributed by atoms with E-state index in [-0.39, 0.29) is 30.1 Å². The summed E-state index contributed by atoms with van der Waals surface area (Å²) >= 11 is 10.8. The van der Waals surface area contributed by atoms with Gasteiger partial charge in [0.25, 0.3) is 5.91 Å². The third kappa shape index (κ3) is 4.52. The molecule has 0 fully saturated rings. The van der Waals surface area contributed by atoms with Crippen molar-refractivity contribution in [2.75, 3.05) is 6.61 Å². The van der Waals surface area contributed by atoms with Crippen LogP contribution in [0.3, 0.4) is 0 Å². The topological polar surface area (TPSA) is 71.9 Å². The number of nitrogens with zero attached hydrogens (tertiary/aromatic N) is 2. The molecule has 0 aliphatic rings. The van der Waals surface area contributed by atoms with Gasteiger partial charge in [-0.3, -0.25) is 9.89 Å². The van der Waals surface area contributed by atoms with Gasteiger partial charge in [0.05, 0.1) is 11.6 Å². The Labute approximate surface area is 142 Å². The van der Waals surface area contributed by atoms with Crippen molar-refractivity contribution < 1.29 is 13.9 Å². The van der Waals surface area contributed by atoms with Gasteiger partial charge in [-0.1, -0.05) is 11.6 Å². The van der Waals surface area contributed by atoms with Crippen LogP contribution in [-0.4, -0.2) is 27.3 Å². The van der Waals surface area contributed by atoms with Crippen LogP contribution in [0.1, 0.15) is 25.7 Å². The Bertz CT molecular complexity index is 759. The van der Waals surface area contributed by atoms with Crippen LogP contribution in [0.4, 0.5) is 4.39 Å². The van der Waals surface area contributed by atoms with Crippen molar-refractivity contribution in [3.8, 4) is 5.75 Å². The van der Waals surface area contributed by atoms with Gasteiger partial charge >= 0.3 is 0 Å². The van der Waals surface area contributed by atoms with Crippen molar-refractivity contribution in [1.82, 2.24) is 20.1 Å². The number of amides is 1. The second kappa shape index (κ2) is 7.56. The van der Waals surface area contributed by atoms with Gasteiger partial charge in [-0.2, -0.15) is 5.10 Å². The molecule has 0 radical (unpaired) electrons. The summed E-state index contributed by atoms with van der Waals surface area (Å²) in [5.41, 5.74) is 0. The van der Waals surface area contributed by atoms with Crippen molar-refractivity contribution in [1.29, 1.82) is 0 Å². The highest BCUT2D eigenvalue weighted by Crippen LogP contribution is 2.20. The number of carbonyl (C=O) groups is 1. The minimum atomic E-state index is -0.542. The van der Waals surface area contributed by atoms with E-state index in [2.05, 4.69) is 15.5 Å². The molecule has 2 N–H and O–H groups in total. The number of ether oxygens (including phenoxy) is 1. The van der Waals surface area contributed by atoms with Crippen LogP contribution < -0.4 is 10.1 Å². The van der Waals surface area contributed by atoms with E-state index >= 15 is 0 Å². The average molecular weight is 359 g/mol. The lowest BCUT2D eigenvalue weighted by Crippen LogP contribution is -2.29. The van der Waals surface area contributed by atoms with E-state index in [1.807, 2.05) is 18.4 Å². The lowest BCUT2D eigenvalue weighted by atomic mass is 10.3. The van der Waals surface area contributed by atoms with Gasteiger partial charge in [-0.05, 0) is 38.2 Å². The van der Waals surface area contributed by atoms with Crippen LogP contribution in [0.15, 0.2) is 18.2 Å². The van der Waals surface area contributed by atoms with Crippen molar-refractivity contribution in [3.05, 3.63) is 39.6 Å². The van der Waals surface area contributed by atoms with Crippen molar-refractivity contribution >= 4 is 29.7 Å². The molecule has 1 heterocycles. The summed E-state index contributed by atoms with van der Waals surface area (Å²) in [6, 6.07) is 4.02. The SMILES string of the molecule is CC(C)n1c(CNC(=O)COc2ccc(F)c(Cl)c2)n[nH]c1=S. The quantitative estimate of drug-likeness (QED) is 0.779. The fraction of sp³-hybridized carbons (Fsp3) is 0.357. The number of H-pyrrole nitrogens is 1. The molecular weight excluding hydrogens is 343 g/mol. The molecule has 0 saturated heterocycles. The molecular formula is C14H16ClFN4O2S. The molecule has 0 atom stereocenters. The Morgan fingerprint density at radius 2 is 2.30 bits per heavy atom. The molecule has 23 heavy (non-hydrogen) atoms. The maximum absolute atomic E-state index is 13.0. The Morgan fingerprint density at radius 1 is 1.57 bits per heavy atom. The fourth-order valence-electron chi connectivity index (χ4n) is 1.94. The van der Waals surface area contributed by atoms with Gasteiger partial charge in [0.15, 0.2) is 17.2 Å². The number of rotatable bonds is 6. The van der Waals surface area contributed by atoms with Gasteiger partial charge in [0.2, 0.25) is 0 Å². The van der Waals surface area contributed by atoms with Gasteiger partial charge in [-0.15, -0.1) is 0 Å². The minimum absolute atomic E-state index is 0.0598. The molecule has 1 aromatic heterocycles. The Morgan fingerprint density at radius 3 is 2.96 bits per heavy atom. The third-order valence-electron chi connectivity index (χ3n) is 3.00. The van der Waals surface area contributed by atoms with E-state index in [9.17, 15) is 9.18 Å². The zero-order chi connectivity index (χ0) is 17.0.